The van der Waals surface area contributed by atoms with Gasteiger partial charge in [0.05, 0.1) is 5.69 Å². The van der Waals surface area contributed by atoms with Crippen LogP contribution in [0.1, 0.15) is 5.69 Å². The lowest BCUT2D eigenvalue weighted by atomic mass is 10.0. The molecule has 0 aliphatic rings. The fraction of sp³-hybridized carbons (Fsp3) is 0.143. The van der Waals surface area contributed by atoms with E-state index in [0.717, 1.165) is 27.6 Å². The van der Waals surface area contributed by atoms with E-state index in [0.29, 0.717) is 5.15 Å². The van der Waals surface area contributed by atoms with Crippen LogP contribution in [0.2, 0.25) is 5.15 Å². The second-order valence-electron chi connectivity index (χ2n) is 4.37. The van der Waals surface area contributed by atoms with Gasteiger partial charge in [-0.25, -0.2) is 4.98 Å². The Bertz CT molecular complexity index is 731. The van der Waals surface area contributed by atoms with Crippen molar-refractivity contribution in [2.45, 2.75) is 6.92 Å². The van der Waals surface area contributed by atoms with Gasteiger partial charge in [-0.1, -0.05) is 23.7 Å². The molecule has 0 spiro atoms. The molecule has 0 aliphatic carbocycles. The van der Waals surface area contributed by atoms with Crippen molar-refractivity contribution in [1.82, 2.24) is 14.8 Å². The lowest BCUT2D eigenvalue weighted by Crippen LogP contribution is -1.86. The Morgan fingerprint density at radius 2 is 2.00 bits per heavy atom. The van der Waals surface area contributed by atoms with Crippen LogP contribution >= 0.6 is 11.6 Å². The van der Waals surface area contributed by atoms with Crippen LogP contribution in [0.3, 0.4) is 0 Å². The first kappa shape index (κ1) is 11.2. The molecule has 0 aliphatic heterocycles. The van der Waals surface area contributed by atoms with Gasteiger partial charge in [-0.3, -0.25) is 4.68 Å². The molecule has 0 fully saturated rings. The SMILES string of the molecule is Cc1nn(C)cc1-c1ccc2cnc(Cl)cc2c1. The van der Waals surface area contributed by atoms with Crippen LogP contribution in [-0.2, 0) is 7.05 Å². The number of halogens is 1. The predicted octanol–water partition coefficient (Wildman–Crippen LogP) is 3.60. The minimum Gasteiger partial charge on any atom is -0.275 e. The Kier molecular flexibility index (Phi) is 2.56. The van der Waals surface area contributed by atoms with Gasteiger partial charge in [-0.2, -0.15) is 5.10 Å². The van der Waals surface area contributed by atoms with E-state index in [4.69, 9.17) is 11.6 Å². The lowest BCUT2D eigenvalue weighted by molar-refractivity contribution is 0.756. The number of benzene rings is 1. The molecule has 0 saturated carbocycles. The number of hydrogen-bond acceptors (Lipinski definition) is 2. The molecule has 0 saturated heterocycles. The molecule has 0 bridgehead atoms. The molecule has 3 aromatic rings. The molecule has 90 valence electrons. The number of nitrogens with zero attached hydrogens (tertiary/aromatic N) is 3. The molecule has 3 rings (SSSR count). The lowest BCUT2D eigenvalue weighted by Gasteiger charge is -2.02. The minimum absolute atomic E-state index is 0.516. The van der Waals surface area contributed by atoms with E-state index in [9.17, 15) is 0 Å². The standard InChI is InChI=1S/C14H12ClN3/c1-9-13(8-18(2)17-9)10-3-4-11-7-16-14(15)6-12(11)5-10/h3-8H,1-2H3. The van der Waals surface area contributed by atoms with Crippen LogP contribution < -0.4 is 0 Å². The van der Waals surface area contributed by atoms with Crippen molar-refractivity contribution < 1.29 is 0 Å². The summed E-state index contributed by atoms with van der Waals surface area (Å²) in [5.41, 5.74) is 3.32. The number of aryl methyl sites for hydroxylation is 2. The highest BCUT2D eigenvalue weighted by atomic mass is 35.5. The van der Waals surface area contributed by atoms with E-state index < -0.39 is 0 Å². The summed E-state index contributed by atoms with van der Waals surface area (Å²) < 4.78 is 1.83. The van der Waals surface area contributed by atoms with Gasteiger partial charge in [0.25, 0.3) is 0 Å². The highest BCUT2D eigenvalue weighted by Crippen LogP contribution is 2.27. The molecule has 0 radical (unpaired) electrons. The first-order chi connectivity index (χ1) is 8.63. The van der Waals surface area contributed by atoms with Crippen LogP contribution in [0.5, 0.6) is 0 Å². The molecule has 1 aromatic carbocycles. The van der Waals surface area contributed by atoms with Crippen molar-refractivity contribution in [1.29, 1.82) is 0 Å². The topological polar surface area (TPSA) is 30.7 Å². The highest BCUT2D eigenvalue weighted by molar-refractivity contribution is 6.30. The molecule has 2 aromatic heterocycles. The van der Waals surface area contributed by atoms with Gasteiger partial charge >= 0.3 is 0 Å². The van der Waals surface area contributed by atoms with Crippen molar-refractivity contribution >= 4 is 22.4 Å². The molecular weight excluding hydrogens is 246 g/mol. The third-order valence-electron chi connectivity index (χ3n) is 3.01. The van der Waals surface area contributed by atoms with E-state index >= 15 is 0 Å². The second kappa shape index (κ2) is 4.10. The van der Waals surface area contributed by atoms with Crippen molar-refractivity contribution in [2.75, 3.05) is 0 Å². The van der Waals surface area contributed by atoms with Gasteiger partial charge in [-0.05, 0) is 30.0 Å². The Labute approximate surface area is 110 Å². The molecule has 0 unspecified atom stereocenters. The van der Waals surface area contributed by atoms with E-state index in [2.05, 4.69) is 28.3 Å². The van der Waals surface area contributed by atoms with Gasteiger partial charge in [0, 0.05) is 30.4 Å². The maximum absolute atomic E-state index is 5.92. The third kappa shape index (κ3) is 1.87. The average molecular weight is 258 g/mol. The van der Waals surface area contributed by atoms with Gasteiger partial charge in [-0.15, -0.1) is 0 Å². The largest absolute Gasteiger partial charge is 0.275 e. The molecule has 2 heterocycles. The second-order valence-corrected chi connectivity index (χ2v) is 4.76. The summed E-state index contributed by atoms with van der Waals surface area (Å²) in [4.78, 5) is 4.08. The molecular formula is C14H12ClN3. The average Bonchev–Trinajstić information content (AvgIpc) is 2.67. The summed E-state index contributed by atoms with van der Waals surface area (Å²) in [7, 11) is 1.93. The zero-order valence-corrected chi connectivity index (χ0v) is 10.9. The van der Waals surface area contributed by atoms with Gasteiger partial charge in [0.1, 0.15) is 5.15 Å². The smallest absolute Gasteiger partial charge is 0.129 e. The number of pyridine rings is 1. The Morgan fingerprint density at radius 3 is 2.72 bits per heavy atom. The maximum atomic E-state index is 5.92. The van der Waals surface area contributed by atoms with Gasteiger partial charge in [0.15, 0.2) is 0 Å². The van der Waals surface area contributed by atoms with Crippen molar-refractivity contribution in [3.8, 4) is 11.1 Å². The van der Waals surface area contributed by atoms with Crippen molar-refractivity contribution in [3.63, 3.8) is 0 Å². The molecule has 3 nitrogen and oxygen atoms in total. The highest BCUT2D eigenvalue weighted by Gasteiger charge is 2.07. The van der Waals surface area contributed by atoms with Gasteiger partial charge < -0.3 is 0 Å². The normalized spacial score (nSPS) is 11.1. The molecule has 4 heteroatoms. The van der Waals surface area contributed by atoms with Crippen molar-refractivity contribution in [3.05, 3.63) is 47.5 Å². The van der Waals surface area contributed by atoms with E-state index in [-0.39, 0.29) is 0 Å². The fourth-order valence-electron chi connectivity index (χ4n) is 2.16. The zero-order chi connectivity index (χ0) is 12.7. The summed E-state index contributed by atoms with van der Waals surface area (Å²) in [5, 5.41) is 7.06. The number of fused-ring (bicyclic) bond motifs is 1. The summed E-state index contributed by atoms with van der Waals surface area (Å²) in [5.74, 6) is 0. The number of hydrogen-bond donors (Lipinski definition) is 0. The Morgan fingerprint density at radius 1 is 1.17 bits per heavy atom. The number of rotatable bonds is 1. The van der Waals surface area contributed by atoms with Gasteiger partial charge in [0.2, 0.25) is 0 Å². The fourth-order valence-corrected chi connectivity index (χ4v) is 2.33. The maximum Gasteiger partial charge on any atom is 0.129 e. The van der Waals surface area contributed by atoms with Crippen LogP contribution in [0.4, 0.5) is 0 Å². The van der Waals surface area contributed by atoms with E-state index in [1.807, 2.05) is 30.9 Å². The Hall–Kier alpha value is -1.87. The predicted molar refractivity (Wildman–Crippen MR) is 73.7 cm³/mol. The summed E-state index contributed by atoms with van der Waals surface area (Å²) in [6.45, 7) is 2.01. The summed E-state index contributed by atoms with van der Waals surface area (Å²) in [6.07, 6.45) is 3.82. The Balaban J connectivity index is 2.21. The quantitative estimate of drug-likeness (QED) is 0.624. The third-order valence-corrected chi connectivity index (χ3v) is 3.22. The summed E-state index contributed by atoms with van der Waals surface area (Å²) >= 11 is 5.92. The minimum atomic E-state index is 0.516. The zero-order valence-electron chi connectivity index (χ0n) is 10.2. The van der Waals surface area contributed by atoms with Crippen LogP contribution in [0.15, 0.2) is 36.7 Å². The van der Waals surface area contributed by atoms with Crippen LogP contribution in [0.25, 0.3) is 21.9 Å². The van der Waals surface area contributed by atoms with Crippen LogP contribution in [0, 0.1) is 6.92 Å². The first-order valence-electron chi connectivity index (χ1n) is 5.69. The van der Waals surface area contributed by atoms with Crippen LogP contribution in [-0.4, -0.2) is 14.8 Å². The molecule has 18 heavy (non-hydrogen) atoms. The van der Waals surface area contributed by atoms with E-state index in [1.165, 1.54) is 0 Å². The van der Waals surface area contributed by atoms with Crippen molar-refractivity contribution in [2.24, 2.45) is 7.05 Å². The molecule has 0 N–H and O–H groups in total. The molecule has 0 amide bonds. The first-order valence-corrected chi connectivity index (χ1v) is 6.07. The summed E-state index contributed by atoms with van der Waals surface area (Å²) in [6, 6.07) is 8.14. The molecule has 0 atom stereocenters. The monoisotopic (exact) mass is 257 g/mol. The number of aromatic nitrogens is 3. The van der Waals surface area contributed by atoms with E-state index in [1.54, 1.807) is 6.20 Å².